The zero-order valence-corrected chi connectivity index (χ0v) is 13.2. The first-order valence-corrected chi connectivity index (χ1v) is 7.74. The Morgan fingerprint density at radius 1 is 1.45 bits per heavy atom. The number of guanidine groups is 1. The molecule has 0 bridgehead atoms. The summed E-state index contributed by atoms with van der Waals surface area (Å²) in [5.74, 6) is 1.80. The van der Waals surface area contributed by atoms with E-state index in [2.05, 4.69) is 38.2 Å². The number of aromatic nitrogens is 1. The van der Waals surface area contributed by atoms with Gasteiger partial charge < -0.3 is 20.3 Å². The van der Waals surface area contributed by atoms with Crippen molar-refractivity contribution in [1.29, 1.82) is 0 Å². The van der Waals surface area contributed by atoms with E-state index in [0.29, 0.717) is 13.1 Å². The van der Waals surface area contributed by atoms with Crippen LogP contribution < -0.4 is 15.5 Å². The molecule has 0 unspecified atom stereocenters. The van der Waals surface area contributed by atoms with Crippen molar-refractivity contribution in [2.75, 3.05) is 44.3 Å². The maximum absolute atomic E-state index is 5.41. The highest BCUT2D eigenvalue weighted by molar-refractivity contribution is 5.79. The third-order valence-corrected chi connectivity index (χ3v) is 3.34. The number of nitrogens with one attached hydrogen (secondary N) is 2. The molecule has 6 nitrogen and oxygen atoms in total. The van der Waals surface area contributed by atoms with Gasteiger partial charge in [0.25, 0.3) is 0 Å². The fraction of sp³-hybridized carbons (Fsp3) is 0.500. The molecule has 1 saturated heterocycles. The molecule has 120 valence electrons. The lowest BCUT2D eigenvalue weighted by atomic mass is 10.2. The van der Waals surface area contributed by atoms with Crippen LogP contribution in [0.1, 0.15) is 12.5 Å². The molecule has 2 rings (SSSR count). The van der Waals surface area contributed by atoms with Crippen LogP contribution in [0, 0.1) is 0 Å². The summed E-state index contributed by atoms with van der Waals surface area (Å²) < 4.78 is 5.41. The Hall–Kier alpha value is -2.08. The van der Waals surface area contributed by atoms with E-state index in [0.717, 1.165) is 50.2 Å². The predicted molar refractivity (Wildman–Crippen MR) is 90.3 cm³/mol. The minimum absolute atomic E-state index is 0.590. The minimum Gasteiger partial charge on any atom is -0.378 e. The van der Waals surface area contributed by atoms with Gasteiger partial charge in [0.15, 0.2) is 5.96 Å². The second-order valence-corrected chi connectivity index (χ2v) is 4.95. The summed E-state index contributed by atoms with van der Waals surface area (Å²) in [6, 6.07) is 4.04. The van der Waals surface area contributed by atoms with Crippen molar-refractivity contribution in [3.63, 3.8) is 0 Å². The highest BCUT2D eigenvalue weighted by Crippen LogP contribution is 2.19. The van der Waals surface area contributed by atoms with Crippen molar-refractivity contribution in [2.24, 2.45) is 4.99 Å². The fourth-order valence-corrected chi connectivity index (χ4v) is 2.29. The molecule has 0 radical (unpaired) electrons. The summed E-state index contributed by atoms with van der Waals surface area (Å²) in [6.07, 6.45) is 3.65. The van der Waals surface area contributed by atoms with Crippen molar-refractivity contribution in [1.82, 2.24) is 15.6 Å². The standard InChI is InChI=1S/C16H25N5O/c1-3-7-19-16(17-4-2)20-13-14-6-5-8-18-15(14)21-9-11-22-12-10-21/h3,5-6,8H,1,4,7,9-13H2,2H3,(H2,17,19,20). The topological polar surface area (TPSA) is 61.8 Å². The lowest BCUT2D eigenvalue weighted by Crippen LogP contribution is -2.38. The van der Waals surface area contributed by atoms with E-state index in [9.17, 15) is 0 Å². The predicted octanol–water partition coefficient (Wildman–Crippen LogP) is 1.16. The smallest absolute Gasteiger partial charge is 0.191 e. The normalized spacial score (nSPS) is 15.5. The molecule has 2 N–H and O–H groups in total. The Balaban J connectivity index is 2.08. The van der Waals surface area contributed by atoms with Crippen molar-refractivity contribution in [2.45, 2.75) is 13.5 Å². The average molecular weight is 303 g/mol. The maximum Gasteiger partial charge on any atom is 0.191 e. The summed E-state index contributed by atoms with van der Waals surface area (Å²) in [5, 5.41) is 6.43. The molecular formula is C16H25N5O. The van der Waals surface area contributed by atoms with Crippen LogP contribution >= 0.6 is 0 Å². The van der Waals surface area contributed by atoms with E-state index in [-0.39, 0.29) is 0 Å². The second-order valence-electron chi connectivity index (χ2n) is 4.95. The first kappa shape index (κ1) is 16.3. The van der Waals surface area contributed by atoms with Crippen LogP contribution in [0.3, 0.4) is 0 Å². The molecule has 0 aliphatic carbocycles. The molecule has 1 aliphatic heterocycles. The van der Waals surface area contributed by atoms with Crippen molar-refractivity contribution >= 4 is 11.8 Å². The number of rotatable bonds is 6. The molecule has 2 heterocycles. The van der Waals surface area contributed by atoms with E-state index in [1.165, 1.54) is 0 Å². The van der Waals surface area contributed by atoms with Crippen LogP contribution in [0.4, 0.5) is 5.82 Å². The van der Waals surface area contributed by atoms with E-state index < -0.39 is 0 Å². The van der Waals surface area contributed by atoms with Gasteiger partial charge in [-0.05, 0) is 13.0 Å². The molecule has 0 atom stereocenters. The summed E-state index contributed by atoms with van der Waals surface area (Å²) >= 11 is 0. The van der Waals surface area contributed by atoms with Gasteiger partial charge in [-0.1, -0.05) is 12.1 Å². The number of hydrogen-bond donors (Lipinski definition) is 2. The molecule has 1 aliphatic rings. The Bertz CT molecular complexity index is 497. The third-order valence-electron chi connectivity index (χ3n) is 3.34. The Labute approximate surface area is 132 Å². The van der Waals surface area contributed by atoms with E-state index in [4.69, 9.17) is 4.74 Å². The summed E-state index contributed by atoms with van der Waals surface area (Å²) in [5.41, 5.74) is 1.13. The van der Waals surface area contributed by atoms with Gasteiger partial charge in [-0.2, -0.15) is 0 Å². The Kier molecular flexibility index (Phi) is 6.70. The number of pyridine rings is 1. The minimum atomic E-state index is 0.590. The molecule has 1 fully saturated rings. The molecule has 22 heavy (non-hydrogen) atoms. The van der Waals surface area contributed by atoms with Gasteiger partial charge in [-0.25, -0.2) is 9.98 Å². The molecule has 0 amide bonds. The SMILES string of the molecule is C=CCNC(=NCc1cccnc1N1CCOCC1)NCC. The highest BCUT2D eigenvalue weighted by atomic mass is 16.5. The van der Waals surface area contributed by atoms with Gasteiger partial charge in [-0.15, -0.1) is 6.58 Å². The fourth-order valence-electron chi connectivity index (χ4n) is 2.29. The molecule has 6 heteroatoms. The summed E-state index contributed by atoms with van der Waals surface area (Å²) in [7, 11) is 0. The van der Waals surface area contributed by atoms with E-state index in [1.54, 1.807) is 0 Å². The first-order valence-electron chi connectivity index (χ1n) is 7.74. The molecule has 1 aromatic rings. The van der Waals surface area contributed by atoms with Gasteiger partial charge in [0.2, 0.25) is 0 Å². The van der Waals surface area contributed by atoms with Crippen LogP contribution in [0.15, 0.2) is 36.0 Å². The number of morpholine rings is 1. The van der Waals surface area contributed by atoms with Crippen LogP contribution in [-0.4, -0.2) is 50.3 Å². The highest BCUT2D eigenvalue weighted by Gasteiger charge is 2.15. The number of aliphatic imine (C=N–C) groups is 1. The van der Waals surface area contributed by atoms with Gasteiger partial charge in [0, 0.05) is 37.9 Å². The second kappa shape index (κ2) is 9.04. The zero-order valence-electron chi connectivity index (χ0n) is 13.2. The molecule has 0 spiro atoms. The Morgan fingerprint density at radius 2 is 2.27 bits per heavy atom. The van der Waals surface area contributed by atoms with Gasteiger partial charge >= 0.3 is 0 Å². The van der Waals surface area contributed by atoms with Crippen LogP contribution in [0.25, 0.3) is 0 Å². The monoisotopic (exact) mass is 303 g/mol. The lowest BCUT2D eigenvalue weighted by Gasteiger charge is -2.29. The number of hydrogen-bond acceptors (Lipinski definition) is 4. The van der Waals surface area contributed by atoms with Gasteiger partial charge in [0.05, 0.1) is 19.8 Å². The van der Waals surface area contributed by atoms with Crippen LogP contribution in [0.5, 0.6) is 0 Å². The van der Waals surface area contributed by atoms with Crippen molar-refractivity contribution in [3.8, 4) is 0 Å². The molecule has 0 aromatic carbocycles. The lowest BCUT2D eigenvalue weighted by molar-refractivity contribution is 0.122. The Morgan fingerprint density at radius 3 is 3.00 bits per heavy atom. The molecule has 1 aromatic heterocycles. The van der Waals surface area contributed by atoms with Crippen LogP contribution in [0.2, 0.25) is 0 Å². The zero-order chi connectivity index (χ0) is 15.6. The summed E-state index contributed by atoms with van der Waals surface area (Å²) in [6.45, 7) is 11.1. The number of anilines is 1. The van der Waals surface area contributed by atoms with Crippen LogP contribution in [-0.2, 0) is 11.3 Å². The van der Waals surface area contributed by atoms with Gasteiger partial charge in [-0.3, -0.25) is 0 Å². The van der Waals surface area contributed by atoms with Crippen molar-refractivity contribution < 1.29 is 4.74 Å². The van der Waals surface area contributed by atoms with Gasteiger partial charge in [0.1, 0.15) is 5.82 Å². The summed E-state index contributed by atoms with van der Waals surface area (Å²) in [4.78, 5) is 11.4. The number of nitrogens with zero attached hydrogens (tertiary/aromatic N) is 3. The largest absolute Gasteiger partial charge is 0.378 e. The third kappa shape index (κ3) is 4.73. The van der Waals surface area contributed by atoms with Crippen molar-refractivity contribution in [3.05, 3.63) is 36.5 Å². The molecular weight excluding hydrogens is 278 g/mol. The quantitative estimate of drug-likeness (QED) is 0.469. The maximum atomic E-state index is 5.41. The average Bonchev–Trinajstić information content (AvgIpc) is 2.58. The molecule has 0 saturated carbocycles. The number of ether oxygens (including phenoxy) is 1. The van der Waals surface area contributed by atoms with E-state index in [1.807, 2.05) is 25.3 Å². The van der Waals surface area contributed by atoms with E-state index >= 15 is 0 Å². The first-order chi connectivity index (χ1) is 10.8.